The predicted molar refractivity (Wildman–Crippen MR) is 88.8 cm³/mol. The standard InChI is InChI=1S/C16H17BrClNO/c1-19(11-12-4-3-5-15(8-12)20-2)16-7-6-14(17)9-13(16)10-18/h3-9H,10-11H2,1-2H3. The molecule has 2 aromatic carbocycles. The van der Waals surface area contributed by atoms with Crippen molar-refractivity contribution in [3.05, 3.63) is 58.1 Å². The Bertz CT molecular complexity index is 588. The minimum absolute atomic E-state index is 0.497. The maximum absolute atomic E-state index is 6.03. The first-order valence-electron chi connectivity index (χ1n) is 6.32. The summed E-state index contributed by atoms with van der Waals surface area (Å²) in [6, 6.07) is 14.3. The second-order valence-electron chi connectivity index (χ2n) is 4.61. The minimum atomic E-state index is 0.497. The zero-order valence-corrected chi connectivity index (χ0v) is 13.9. The Morgan fingerprint density at radius 2 is 2.00 bits per heavy atom. The van der Waals surface area contributed by atoms with Crippen molar-refractivity contribution in [3.63, 3.8) is 0 Å². The fourth-order valence-corrected chi connectivity index (χ4v) is 2.79. The summed E-state index contributed by atoms with van der Waals surface area (Å²) in [5.41, 5.74) is 3.47. The van der Waals surface area contributed by atoms with Crippen molar-refractivity contribution >= 4 is 33.2 Å². The number of hydrogen-bond donors (Lipinski definition) is 0. The van der Waals surface area contributed by atoms with E-state index in [2.05, 4.69) is 52.1 Å². The lowest BCUT2D eigenvalue weighted by molar-refractivity contribution is 0.414. The highest BCUT2D eigenvalue weighted by Gasteiger charge is 2.08. The molecule has 0 saturated heterocycles. The van der Waals surface area contributed by atoms with Gasteiger partial charge in [0.25, 0.3) is 0 Å². The van der Waals surface area contributed by atoms with E-state index in [0.717, 1.165) is 28.0 Å². The van der Waals surface area contributed by atoms with Crippen molar-refractivity contribution in [2.45, 2.75) is 12.4 Å². The largest absolute Gasteiger partial charge is 0.497 e. The Labute approximate surface area is 133 Å². The van der Waals surface area contributed by atoms with Crippen LogP contribution in [-0.2, 0) is 12.4 Å². The van der Waals surface area contributed by atoms with Crippen molar-refractivity contribution in [2.75, 3.05) is 19.1 Å². The van der Waals surface area contributed by atoms with E-state index >= 15 is 0 Å². The van der Waals surface area contributed by atoms with Gasteiger partial charge in [-0.2, -0.15) is 0 Å². The molecule has 0 spiro atoms. The van der Waals surface area contributed by atoms with Crippen LogP contribution < -0.4 is 9.64 Å². The molecule has 2 nitrogen and oxygen atoms in total. The third-order valence-electron chi connectivity index (χ3n) is 3.15. The Kier molecular flexibility index (Phi) is 5.32. The van der Waals surface area contributed by atoms with Gasteiger partial charge in [0, 0.05) is 29.6 Å². The van der Waals surface area contributed by atoms with E-state index in [4.69, 9.17) is 16.3 Å². The minimum Gasteiger partial charge on any atom is -0.497 e. The van der Waals surface area contributed by atoms with E-state index in [0.29, 0.717) is 5.88 Å². The molecular weight excluding hydrogens is 338 g/mol. The van der Waals surface area contributed by atoms with Gasteiger partial charge < -0.3 is 9.64 Å². The van der Waals surface area contributed by atoms with Crippen molar-refractivity contribution in [1.82, 2.24) is 0 Å². The smallest absolute Gasteiger partial charge is 0.119 e. The number of hydrogen-bond acceptors (Lipinski definition) is 2. The van der Waals surface area contributed by atoms with Crippen LogP contribution in [0.15, 0.2) is 46.9 Å². The van der Waals surface area contributed by atoms with Crippen molar-refractivity contribution in [3.8, 4) is 5.75 Å². The van der Waals surface area contributed by atoms with Gasteiger partial charge in [-0.3, -0.25) is 0 Å². The number of benzene rings is 2. The van der Waals surface area contributed by atoms with E-state index in [1.807, 2.05) is 18.2 Å². The van der Waals surface area contributed by atoms with Crippen LogP contribution in [-0.4, -0.2) is 14.2 Å². The molecule has 0 heterocycles. The summed E-state index contributed by atoms with van der Waals surface area (Å²) in [6.45, 7) is 0.808. The number of nitrogens with zero attached hydrogens (tertiary/aromatic N) is 1. The molecule has 0 unspecified atom stereocenters. The molecule has 20 heavy (non-hydrogen) atoms. The first-order valence-corrected chi connectivity index (χ1v) is 7.65. The zero-order valence-electron chi connectivity index (χ0n) is 11.6. The Morgan fingerprint density at radius 1 is 1.20 bits per heavy atom. The second-order valence-corrected chi connectivity index (χ2v) is 5.80. The SMILES string of the molecule is COc1cccc(CN(C)c2ccc(Br)cc2CCl)c1. The van der Waals surface area contributed by atoms with Gasteiger partial charge in [0.15, 0.2) is 0 Å². The lowest BCUT2D eigenvalue weighted by Gasteiger charge is -2.22. The molecule has 0 bridgehead atoms. The molecule has 0 radical (unpaired) electrons. The molecule has 0 aliphatic rings. The summed E-state index contributed by atoms with van der Waals surface area (Å²) in [5, 5.41) is 0. The van der Waals surface area contributed by atoms with Gasteiger partial charge in [-0.05, 0) is 41.5 Å². The van der Waals surface area contributed by atoms with E-state index in [1.165, 1.54) is 5.56 Å². The van der Waals surface area contributed by atoms with E-state index < -0.39 is 0 Å². The van der Waals surface area contributed by atoms with Gasteiger partial charge in [0.2, 0.25) is 0 Å². The van der Waals surface area contributed by atoms with Crippen molar-refractivity contribution < 1.29 is 4.74 Å². The van der Waals surface area contributed by atoms with Gasteiger partial charge >= 0.3 is 0 Å². The number of anilines is 1. The number of alkyl halides is 1. The molecular formula is C16H17BrClNO. The van der Waals surface area contributed by atoms with Gasteiger partial charge in [0.1, 0.15) is 5.75 Å². The van der Waals surface area contributed by atoms with Crippen LogP contribution in [0.25, 0.3) is 0 Å². The molecule has 0 N–H and O–H groups in total. The maximum Gasteiger partial charge on any atom is 0.119 e. The fourth-order valence-electron chi connectivity index (χ4n) is 2.16. The van der Waals surface area contributed by atoms with Crippen LogP contribution in [0.4, 0.5) is 5.69 Å². The van der Waals surface area contributed by atoms with Crippen LogP contribution in [0.1, 0.15) is 11.1 Å². The van der Waals surface area contributed by atoms with Crippen LogP contribution in [0, 0.1) is 0 Å². The number of halogens is 2. The van der Waals surface area contributed by atoms with Gasteiger partial charge in [-0.15, -0.1) is 11.6 Å². The summed E-state index contributed by atoms with van der Waals surface area (Å²) in [4.78, 5) is 2.19. The molecule has 0 saturated carbocycles. The summed E-state index contributed by atoms with van der Waals surface area (Å²) in [5.74, 6) is 1.38. The predicted octanol–water partition coefficient (Wildman–Crippen LogP) is 4.83. The van der Waals surface area contributed by atoms with Crippen molar-refractivity contribution in [1.29, 1.82) is 0 Å². The third kappa shape index (κ3) is 3.68. The maximum atomic E-state index is 6.03. The molecule has 106 valence electrons. The molecule has 0 aliphatic carbocycles. The van der Waals surface area contributed by atoms with E-state index in [9.17, 15) is 0 Å². The average molecular weight is 355 g/mol. The summed E-state index contributed by atoms with van der Waals surface area (Å²) in [6.07, 6.45) is 0. The monoisotopic (exact) mass is 353 g/mol. The van der Waals surface area contributed by atoms with Crippen molar-refractivity contribution in [2.24, 2.45) is 0 Å². The topological polar surface area (TPSA) is 12.5 Å². The summed E-state index contributed by atoms with van der Waals surface area (Å²) in [7, 11) is 3.75. The molecule has 0 amide bonds. The normalized spacial score (nSPS) is 10.4. The molecule has 4 heteroatoms. The van der Waals surface area contributed by atoms with Gasteiger partial charge in [0.05, 0.1) is 7.11 Å². The molecule has 0 fully saturated rings. The van der Waals surface area contributed by atoms with Crippen LogP contribution >= 0.6 is 27.5 Å². The zero-order chi connectivity index (χ0) is 14.5. The lowest BCUT2D eigenvalue weighted by Crippen LogP contribution is -2.17. The van der Waals surface area contributed by atoms with Gasteiger partial charge in [-0.1, -0.05) is 28.1 Å². The number of ether oxygens (including phenoxy) is 1. The lowest BCUT2D eigenvalue weighted by atomic mass is 10.1. The van der Waals surface area contributed by atoms with Crippen LogP contribution in [0.2, 0.25) is 0 Å². The highest BCUT2D eigenvalue weighted by Crippen LogP contribution is 2.27. The molecule has 2 rings (SSSR count). The van der Waals surface area contributed by atoms with Crippen LogP contribution in [0.3, 0.4) is 0 Å². The number of rotatable bonds is 5. The molecule has 0 aliphatic heterocycles. The summed E-state index contributed by atoms with van der Waals surface area (Å²) >= 11 is 9.51. The van der Waals surface area contributed by atoms with E-state index in [1.54, 1.807) is 7.11 Å². The fraction of sp³-hybridized carbons (Fsp3) is 0.250. The first-order chi connectivity index (χ1) is 9.63. The Morgan fingerprint density at radius 3 is 2.70 bits per heavy atom. The third-order valence-corrected chi connectivity index (χ3v) is 3.93. The average Bonchev–Trinajstić information content (AvgIpc) is 2.47. The quantitative estimate of drug-likeness (QED) is 0.713. The molecule has 2 aromatic rings. The van der Waals surface area contributed by atoms with Crippen LogP contribution in [0.5, 0.6) is 5.75 Å². The molecule has 0 atom stereocenters. The second kappa shape index (κ2) is 7.00. The van der Waals surface area contributed by atoms with E-state index in [-0.39, 0.29) is 0 Å². The number of methoxy groups -OCH3 is 1. The molecule has 0 aromatic heterocycles. The first kappa shape index (κ1) is 15.2. The van der Waals surface area contributed by atoms with Gasteiger partial charge in [-0.25, -0.2) is 0 Å². The summed E-state index contributed by atoms with van der Waals surface area (Å²) < 4.78 is 6.30. The Hall–Kier alpha value is -1.19. The highest BCUT2D eigenvalue weighted by atomic mass is 79.9. The highest BCUT2D eigenvalue weighted by molar-refractivity contribution is 9.10. The Balaban J connectivity index is 2.21.